The van der Waals surface area contributed by atoms with Crippen LogP contribution < -0.4 is 5.32 Å². The zero-order chi connectivity index (χ0) is 17.1. The van der Waals surface area contributed by atoms with Crippen molar-refractivity contribution in [3.8, 4) is 0 Å². The monoisotopic (exact) mass is 364 g/mol. The molecule has 4 rings (SSSR count). The van der Waals surface area contributed by atoms with E-state index in [2.05, 4.69) is 30.4 Å². The summed E-state index contributed by atoms with van der Waals surface area (Å²) in [5.41, 5.74) is 1.69. The molecule has 136 valence electrons. The highest BCUT2D eigenvalue weighted by molar-refractivity contribution is 7.98. The number of nitrogens with zero attached hydrogens (tertiary/aromatic N) is 5. The Labute approximate surface area is 151 Å². The first kappa shape index (κ1) is 17.0. The first-order valence-corrected chi connectivity index (χ1v) is 9.96. The minimum Gasteiger partial charge on any atom is -0.376 e. The third-order valence-corrected chi connectivity index (χ3v) is 5.92. The molecule has 0 aromatic carbocycles. The van der Waals surface area contributed by atoms with Crippen LogP contribution in [0.1, 0.15) is 48.8 Å². The maximum absolute atomic E-state index is 5.86. The van der Waals surface area contributed by atoms with Gasteiger partial charge in [-0.05, 0) is 45.7 Å². The van der Waals surface area contributed by atoms with Crippen LogP contribution in [0.4, 0.5) is 0 Å². The molecule has 2 saturated heterocycles. The van der Waals surface area contributed by atoms with Crippen LogP contribution in [0, 0.1) is 6.92 Å². The molecule has 1 N–H and O–H groups in total. The standard InChI is InChI=1S/C16H24N6O2S/c1-11-14(21-24-20-11)10-25-16-19-18-15(12-4-6-17-7-5-12)22(16)9-13-3-2-8-23-13/h12-13,17H,2-10H2,1H3/t13-/m0/s1. The molecule has 9 heteroatoms. The van der Waals surface area contributed by atoms with Gasteiger partial charge in [-0.2, -0.15) is 0 Å². The third-order valence-electron chi connectivity index (χ3n) is 4.94. The molecule has 25 heavy (non-hydrogen) atoms. The van der Waals surface area contributed by atoms with Crippen molar-refractivity contribution in [3.63, 3.8) is 0 Å². The minimum absolute atomic E-state index is 0.270. The quantitative estimate of drug-likeness (QED) is 0.777. The summed E-state index contributed by atoms with van der Waals surface area (Å²) < 4.78 is 12.9. The van der Waals surface area contributed by atoms with Gasteiger partial charge in [-0.15, -0.1) is 10.2 Å². The zero-order valence-corrected chi connectivity index (χ0v) is 15.3. The van der Waals surface area contributed by atoms with Crippen molar-refractivity contribution in [2.24, 2.45) is 0 Å². The van der Waals surface area contributed by atoms with Crippen molar-refractivity contribution < 1.29 is 9.37 Å². The minimum atomic E-state index is 0.270. The van der Waals surface area contributed by atoms with Crippen molar-refractivity contribution >= 4 is 11.8 Å². The van der Waals surface area contributed by atoms with Gasteiger partial charge in [0, 0.05) is 18.3 Å². The van der Waals surface area contributed by atoms with E-state index in [4.69, 9.17) is 9.37 Å². The number of hydrogen-bond acceptors (Lipinski definition) is 8. The lowest BCUT2D eigenvalue weighted by atomic mass is 9.97. The highest BCUT2D eigenvalue weighted by Gasteiger charge is 2.26. The fraction of sp³-hybridized carbons (Fsp3) is 0.750. The second-order valence-electron chi connectivity index (χ2n) is 6.70. The summed E-state index contributed by atoms with van der Waals surface area (Å²) in [6.07, 6.45) is 4.75. The fourth-order valence-corrected chi connectivity index (χ4v) is 4.42. The molecule has 0 amide bonds. The van der Waals surface area contributed by atoms with E-state index in [1.165, 1.54) is 0 Å². The Morgan fingerprint density at radius 1 is 1.20 bits per heavy atom. The van der Waals surface area contributed by atoms with Crippen molar-refractivity contribution in [2.45, 2.75) is 62.1 Å². The lowest BCUT2D eigenvalue weighted by Crippen LogP contribution is -2.29. The number of hydrogen-bond donors (Lipinski definition) is 1. The Balaban J connectivity index is 1.53. The lowest BCUT2D eigenvalue weighted by Gasteiger charge is -2.23. The summed E-state index contributed by atoms with van der Waals surface area (Å²) in [6, 6.07) is 0. The zero-order valence-electron chi connectivity index (χ0n) is 14.5. The second kappa shape index (κ2) is 7.84. The third kappa shape index (κ3) is 3.88. The summed E-state index contributed by atoms with van der Waals surface area (Å²) >= 11 is 1.64. The Morgan fingerprint density at radius 2 is 2.08 bits per heavy atom. The molecule has 2 aromatic heterocycles. The summed E-state index contributed by atoms with van der Waals surface area (Å²) in [6.45, 7) is 5.70. The van der Waals surface area contributed by atoms with Gasteiger partial charge in [0.15, 0.2) is 5.16 Å². The van der Waals surface area contributed by atoms with E-state index in [0.29, 0.717) is 11.7 Å². The molecular weight excluding hydrogens is 340 g/mol. The summed E-state index contributed by atoms with van der Waals surface area (Å²) in [5, 5.41) is 21.2. The highest BCUT2D eigenvalue weighted by Crippen LogP contribution is 2.30. The van der Waals surface area contributed by atoms with E-state index in [1.54, 1.807) is 11.8 Å². The fourth-order valence-electron chi connectivity index (χ4n) is 3.47. The average molecular weight is 364 g/mol. The number of rotatable bonds is 6. The normalized spacial score (nSPS) is 21.9. The van der Waals surface area contributed by atoms with Crippen LogP contribution >= 0.6 is 11.8 Å². The topological polar surface area (TPSA) is 90.9 Å². The number of aromatic nitrogens is 5. The predicted molar refractivity (Wildman–Crippen MR) is 92.4 cm³/mol. The molecule has 0 aliphatic carbocycles. The van der Waals surface area contributed by atoms with E-state index < -0.39 is 0 Å². The van der Waals surface area contributed by atoms with Crippen LogP contribution in [0.3, 0.4) is 0 Å². The van der Waals surface area contributed by atoms with Crippen molar-refractivity contribution in [1.29, 1.82) is 0 Å². The van der Waals surface area contributed by atoms with E-state index in [9.17, 15) is 0 Å². The van der Waals surface area contributed by atoms with Crippen molar-refractivity contribution in [2.75, 3.05) is 19.7 Å². The van der Waals surface area contributed by atoms with Crippen LogP contribution in [0.25, 0.3) is 0 Å². The molecule has 2 aromatic rings. The first-order valence-electron chi connectivity index (χ1n) is 8.97. The van der Waals surface area contributed by atoms with Gasteiger partial charge in [-0.3, -0.25) is 0 Å². The van der Waals surface area contributed by atoms with Gasteiger partial charge in [0.25, 0.3) is 0 Å². The Bertz CT molecular complexity index is 691. The molecule has 2 fully saturated rings. The number of ether oxygens (including phenoxy) is 1. The second-order valence-corrected chi connectivity index (χ2v) is 7.64. The Morgan fingerprint density at radius 3 is 2.80 bits per heavy atom. The van der Waals surface area contributed by atoms with Crippen molar-refractivity contribution in [1.82, 2.24) is 30.4 Å². The molecular formula is C16H24N6O2S. The van der Waals surface area contributed by atoms with Gasteiger partial charge in [-0.1, -0.05) is 22.1 Å². The van der Waals surface area contributed by atoms with Crippen molar-refractivity contribution in [3.05, 3.63) is 17.2 Å². The van der Waals surface area contributed by atoms with Gasteiger partial charge >= 0.3 is 0 Å². The smallest absolute Gasteiger partial charge is 0.191 e. The molecule has 2 aliphatic rings. The summed E-state index contributed by atoms with van der Waals surface area (Å²) in [4.78, 5) is 0. The predicted octanol–water partition coefficient (Wildman–Crippen LogP) is 1.91. The molecule has 8 nitrogen and oxygen atoms in total. The molecule has 0 saturated carbocycles. The molecule has 2 aliphatic heterocycles. The molecule has 1 atom stereocenters. The molecule has 4 heterocycles. The molecule has 0 spiro atoms. The van der Waals surface area contributed by atoms with Crippen LogP contribution in [0.15, 0.2) is 9.79 Å². The number of piperidine rings is 1. The van der Waals surface area contributed by atoms with Gasteiger partial charge in [-0.25, -0.2) is 4.63 Å². The maximum Gasteiger partial charge on any atom is 0.191 e. The van der Waals surface area contributed by atoms with E-state index in [-0.39, 0.29) is 6.10 Å². The average Bonchev–Trinajstić information content (AvgIpc) is 3.37. The molecule has 0 bridgehead atoms. The number of nitrogens with one attached hydrogen (secondary N) is 1. The van der Waals surface area contributed by atoms with Gasteiger partial charge in [0.2, 0.25) is 0 Å². The van der Waals surface area contributed by atoms with Crippen LogP contribution in [-0.2, 0) is 17.0 Å². The molecule has 0 radical (unpaired) electrons. The SMILES string of the molecule is Cc1nonc1CSc1nnc(C2CCNCC2)n1C[C@@H]1CCCO1. The number of thioether (sulfide) groups is 1. The lowest BCUT2D eigenvalue weighted by molar-refractivity contribution is 0.0936. The van der Waals surface area contributed by atoms with E-state index in [0.717, 1.165) is 74.3 Å². The Kier molecular flexibility index (Phi) is 5.33. The van der Waals surface area contributed by atoms with Gasteiger partial charge in [0.05, 0.1) is 12.6 Å². The van der Waals surface area contributed by atoms with Gasteiger partial charge < -0.3 is 14.6 Å². The van der Waals surface area contributed by atoms with Gasteiger partial charge in [0.1, 0.15) is 17.2 Å². The summed E-state index contributed by atoms with van der Waals surface area (Å²) in [5.74, 6) is 2.26. The van der Waals surface area contributed by atoms with Crippen LogP contribution in [0.5, 0.6) is 0 Å². The summed E-state index contributed by atoms with van der Waals surface area (Å²) in [7, 11) is 0. The van der Waals surface area contributed by atoms with Crippen LogP contribution in [0.2, 0.25) is 0 Å². The highest BCUT2D eigenvalue weighted by atomic mass is 32.2. The number of aryl methyl sites for hydroxylation is 1. The Hall–Kier alpha value is -1.45. The van der Waals surface area contributed by atoms with E-state index in [1.807, 2.05) is 6.92 Å². The molecule has 0 unspecified atom stereocenters. The largest absolute Gasteiger partial charge is 0.376 e. The van der Waals surface area contributed by atoms with Crippen LogP contribution in [-0.4, -0.2) is 50.9 Å². The van der Waals surface area contributed by atoms with E-state index >= 15 is 0 Å². The maximum atomic E-state index is 5.86. The first-order chi connectivity index (χ1) is 12.3.